The number of phenolic OH excluding ortho intramolecular Hbond substituents is 2. The third-order valence-corrected chi connectivity index (χ3v) is 4.08. The molecule has 0 aliphatic rings. The van der Waals surface area contributed by atoms with E-state index < -0.39 is 0 Å². The van der Waals surface area contributed by atoms with Crippen LogP contribution in [0.25, 0.3) is 0 Å². The molecule has 2 nitrogen and oxygen atoms in total. The number of hydrogen-bond donors (Lipinski definition) is 2. The van der Waals surface area contributed by atoms with Crippen molar-refractivity contribution in [3.63, 3.8) is 0 Å². The van der Waals surface area contributed by atoms with Crippen molar-refractivity contribution >= 4 is 31.9 Å². The molecular formula is C14H12Br2O2. The van der Waals surface area contributed by atoms with Gasteiger partial charge in [0.2, 0.25) is 0 Å². The quantitative estimate of drug-likeness (QED) is 0.838. The van der Waals surface area contributed by atoms with Crippen LogP contribution in [0, 0.1) is 0 Å². The Balaban J connectivity index is 2.17. The lowest BCUT2D eigenvalue weighted by atomic mass is 10.0. The molecule has 0 spiro atoms. The van der Waals surface area contributed by atoms with Crippen molar-refractivity contribution in [1.82, 2.24) is 0 Å². The van der Waals surface area contributed by atoms with Gasteiger partial charge in [-0.15, -0.1) is 0 Å². The summed E-state index contributed by atoms with van der Waals surface area (Å²) in [7, 11) is 0. The molecule has 0 radical (unpaired) electrons. The Morgan fingerprint density at radius 2 is 1.11 bits per heavy atom. The third-order valence-electron chi connectivity index (χ3n) is 2.80. The van der Waals surface area contributed by atoms with Gasteiger partial charge in [0.05, 0.1) is 8.95 Å². The highest BCUT2D eigenvalue weighted by molar-refractivity contribution is 9.10. The second-order valence-corrected chi connectivity index (χ2v) is 5.70. The molecule has 2 N–H and O–H groups in total. The number of phenols is 2. The van der Waals surface area contributed by atoms with Gasteiger partial charge in [0.25, 0.3) is 0 Å². The predicted octanol–water partition coefficient (Wildman–Crippen LogP) is 4.41. The topological polar surface area (TPSA) is 40.5 Å². The Hall–Kier alpha value is -1.00. The van der Waals surface area contributed by atoms with Crippen LogP contribution in [0.1, 0.15) is 11.1 Å². The van der Waals surface area contributed by atoms with E-state index in [0.717, 1.165) is 11.1 Å². The van der Waals surface area contributed by atoms with Crippen LogP contribution in [0.15, 0.2) is 45.3 Å². The van der Waals surface area contributed by atoms with Crippen LogP contribution in [-0.2, 0) is 12.8 Å². The summed E-state index contributed by atoms with van der Waals surface area (Å²) in [5.41, 5.74) is 1.73. The normalized spacial score (nSPS) is 10.6. The highest BCUT2D eigenvalue weighted by atomic mass is 79.9. The number of benzene rings is 2. The largest absolute Gasteiger partial charge is 0.506 e. The molecular weight excluding hydrogens is 360 g/mol. The van der Waals surface area contributed by atoms with Gasteiger partial charge in [-0.3, -0.25) is 0 Å². The molecule has 2 aromatic carbocycles. The van der Waals surface area contributed by atoms with Crippen molar-refractivity contribution in [2.75, 3.05) is 0 Å². The minimum atomic E-state index is 0.270. The molecule has 0 saturated heterocycles. The van der Waals surface area contributed by atoms with Gasteiger partial charge in [-0.1, -0.05) is 24.3 Å². The molecule has 0 bridgehead atoms. The molecule has 0 saturated carbocycles. The summed E-state index contributed by atoms with van der Waals surface area (Å²) in [6, 6.07) is 11.1. The van der Waals surface area contributed by atoms with E-state index in [4.69, 9.17) is 0 Å². The van der Waals surface area contributed by atoms with Crippen molar-refractivity contribution in [1.29, 1.82) is 0 Å². The first-order valence-corrected chi connectivity index (χ1v) is 7.11. The maximum absolute atomic E-state index is 9.88. The Morgan fingerprint density at radius 1 is 0.722 bits per heavy atom. The Kier molecular flexibility index (Phi) is 4.30. The van der Waals surface area contributed by atoms with E-state index in [9.17, 15) is 10.2 Å². The van der Waals surface area contributed by atoms with Gasteiger partial charge < -0.3 is 10.2 Å². The molecule has 18 heavy (non-hydrogen) atoms. The fourth-order valence-corrected chi connectivity index (χ4v) is 2.61. The van der Waals surface area contributed by atoms with E-state index in [1.807, 2.05) is 24.3 Å². The fraction of sp³-hybridized carbons (Fsp3) is 0.143. The van der Waals surface area contributed by atoms with Crippen molar-refractivity contribution in [2.24, 2.45) is 0 Å². The molecule has 0 fully saturated rings. The van der Waals surface area contributed by atoms with Gasteiger partial charge in [-0.2, -0.15) is 0 Å². The summed E-state index contributed by atoms with van der Waals surface area (Å²) in [6.45, 7) is 0. The van der Waals surface area contributed by atoms with E-state index in [2.05, 4.69) is 31.9 Å². The van der Waals surface area contributed by atoms with Crippen molar-refractivity contribution < 1.29 is 10.2 Å². The van der Waals surface area contributed by atoms with Crippen molar-refractivity contribution in [3.05, 3.63) is 56.5 Å². The van der Waals surface area contributed by atoms with Crippen LogP contribution in [0.2, 0.25) is 0 Å². The number of rotatable bonds is 3. The first-order chi connectivity index (χ1) is 8.59. The highest BCUT2D eigenvalue weighted by Crippen LogP contribution is 2.31. The zero-order valence-corrected chi connectivity index (χ0v) is 12.7. The highest BCUT2D eigenvalue weighted by Gasteiger charge is 2.08. The Labute approximate surface area is 123 Å². The maximum Gasteiger partial charge on any atom is 0.132 e. The minimum Gasteiger partial charge on any atom is -0.506 e. The molecule has 0 heterocycles. The van der Waals surface area contributed by atoms with Crippen LogP contribution in [-0.4, -0.2) is 10.2 Å². The molecule has 0 unspecified atom stereocenters. The standard InChI is InChI=1S/C14H12Br2O2/c15-11-5-1-3-9(13(11)17)7-8-10-4-2-6-12(16)14(10)18/h1-6,17-18H,7-8H2. The number of hydrogen-bond acceptors (Lipinski definition) is 2. The Bertz CT molecular complexity index is 516. The summed E-state index contributed by atoms with van der Waals surface area (Å²) in [4.78, 5) is 0. The van der Waals surface area contributed by atoms with E-state index in [1.54, 1.807) is 12.1 Å². The molecule has 2 aromatic rings. The van der Waals surface area contributed by atoms with Crippen LogP contribution in [0.5, 0.6) is 11.5 Å². The van der Waals surface area contributed by atoms with Crippen molar-refractivity contribution in [2.45, 2.75) is 12.8 Å². The molecule has 0 aromatic heterocycles. The van der Waals surface area contributed by atoms with Gasteiger partial charge in [0.1, 0.15) is 11.5 Å². The smallest absolute Gasteiger partial charge is 0.132 e. The maximum atomic E-state index is 9.88. The summed E-state index contributed by atoms with van der Waals surface area (Å²) in [5.74, 6) is 0.541. The monoisotopic (exact) mass is 370 g/mol. The summed E-state index contributed by atoms with van der Waals surface area (Å²) < 4.78 is 1.39. The van der Waals surface area contributed by atoms with Gasteiger partial charge in [-0.25, -0.2) is 0 Å². The summed E-state index contributed by atoms with van der Waals surface area (Å²) in [5, 5.41) is 19.8. The van der Waals surface area contributed by atoms with E-state index in [1.165, 1.54) is 0 Å². The molecule has 0 aliphatic carbocycles. The zero-order valence-electron chi connectivity index (χ0n) is 9.53. The number of halogens is 2. The van der Waals surface area contributed by atoms with Crippen LogP contribution < -0.4 is 0 Å². The SMILES string of the molecule is Oc1c(Br)cccc1CCc1cccc(Br)c1O. The van der Waals surface area contributed by atoms with E-state index >= 15 is 0 Å². The average Bonchev–Trinajstić information content (AvgIpc) is 2.36. The van der Waals surface area contributed by atoms with E-state index in [-0.39, 0.29) is 11.5 Å². The van der Waals surface area contributed by atoms with Crippen molar-refractivity contribution in [3.8, 4) is 11.5 Å². The number of para-hydroxylation sites is 2. The molecule has 94 valence electrons. The summed E-state index contributed by atoms with van der Waals surface area (Å²) >= 11 is 6.58. The van der Waals surface area contributed by atoms with Crippen LogP contribution in [0.4, 0.5) is 0 Å². The lowest BCUT2D eigenvalue weighted by Crippen LogP contribution is -1.93. The first-order valence-electron chi connectivity index (χ1n) is 5.52. The minimum absolute atomic E-state index is 0.270. The third kappa shape index (κ3) is 2.87. The first kappa shape index (κ1) is 13.4. The summed E-state index contributed by atoms with van der Waals surface area (Å²) in [6.07, 6.45) is 1.35. The molecule has 0 atom stereocenters. The fourth-order valence-electron chi connectivity index (χ4n) is 1.79. The lowest BCUT2D eigenvalue weighted by Gasteiger charge is -2.08. The molecule has 0 amide bonds. The van der Waals surface area contributed by atoms with Gasteiger partial charge in [-0.05, 0) is 68.0 Å². The van der Waals surface area contributed by atoms with Gasteiger partial charge in [0, 0.05) is 0 Å². The van der Waals surface area contributed by atoms with Gasteiger partial charge in [0.15, 0.2) is 0 Å². The second-order valence-electron chi connectivity index (χ2n) is 4.00. The number of aromatic hydroxyl groups is 2. The average molecular weight is 372 g/mol. The van der Waals surface area contributed by atoms with Crippen LogP contribution >= 0.6 is 31.9 Å². The Morgan fingerprint density at radius 3 is 1.50 bits per heavy atom. The number of aryl methyl sites for hydroxylation is 2. The van der Waals surface area contributed by atoms with Gasteiger partial charge >= 0.3 is 0 Å². The molecule has 2 rings (SSSR count). The predicted molar refractivity (Wildman–Crippen MR) is 79.0 cm³/mol. The molecule has 4 heteroatoms. The van der Waals surface area contributed by atoms with E-state index in [0.29, 0.717) is 21.8 Å². The lowest BCUT2D eigenvalue weighted by molar-refractivity contribution is 0.459. The zero-order chi connectivity index (χ0) is 13.1. The second kappa shape index (κ2) is 5.76. The van der Waals surface area contributed by atoms with Crippen LogP contribution in [0.3, 0.4) is 0 Å². The molecule has 0 aliphatic heterocycles.